The van der Waals surface area contributed by atoms with Crippen LogP contribution in [0.15, 0.2) is 18.3 Å². The lowest BCUT2D eigenvalue weighted by atomic mass is 10.00. The van der Waals surface area contributed by atoms with Gasteiger partial charge in [0.1, 0.15) is 5.82 Å². The fraction of sp³-hybridized carbons (Fsp3) is 0.688. The number of anilines is 1. The van der Waals surface area contributed by atoms with Gasteiger partial charge in [-0.1, -0.05) is 19.9 Å². The Morgan fingerprint density at radius 3 is 2.85 bits per heavy atom. The van der Waals surface area contributed by atoms with Crippen LogP contribution in [0.3, 0.4) is 0 Å². The first-order chi connectivity index (χ1) is 9.66. The highest BCUT2D eigenvalue weighted by molar-refractivity contribution is 5.46. The number of hydrogen-bond donors (Lipinski definition) is 1. The van der Waals surface area contributed by atoms with Gasteiger partial charge >= 0.3 is 0 Å². The maximum Gasteiger partial charge on any atom is 0.132 e. The summed E-state index contributed by atoms with van der Waals surface area (Å²) in [6, 6.07) is 4.67. The third-order valence-corrected chi connectivity index (χ3v) is 3.80. The molecule has 2 heterocycles. The molecule has 2 rings (SSSR count). The molecular weight excluding hydrogens is 250 g/mol. The van der Waals surface area contributed by atoms with Crippen LogP contribution >= 0.6 is 0 Å². The molecule has 0 radical (unpaired) electrons. The highest BCUT2D eigenvalue weighted by Gasteiger charge is 2.17. The van der Waals surface area contributed by atoms with Crippen molar-refractivity contribution in [3.63, 3.8) is 0 Å². The first-order valence-electron chi connectivity index (χ1n) is 7.63. The van der Waals surface area contributed by atoms with Crippen molar-refractivity contribution < 1.29 is 4.74 Å². The van der Waals surface area contributed by atoms with E-state index in [9.17, 15) is 0 Å². The summed E-state index contributed by atoms with van der Waals surface area (Å²) in [6.45, 7) is 8.09. The topological polar surface area (TPSA) is 37.4 Å². The summed E-state index contributed by atoms with van der Waals surface area (Å²) in [5.74, 6) is 1.83. The monoisotopic (exact) mass is 277 g/mol. The first kappa shape index (κ1) is 15.3. The van der Waals surface area contributed by atoms with Gasteiger partial charge in [0.15, 0.2) is 0 Å². The van der Waals surface area contributed by atoms with E-state index >= 15 is 0 Å². The van der Waals surface area contributed by atoms with Crippen LogP contribution in [0, 0.1) is 5.92 Å². The summed E-state index contributed by atoms with van der Waals surface area (Å²) in [6.07, 6.45) is 4.21. The van der Waals surface area contributed by atoms with Crippen LogP contribution in [0.1, 0.15) is 32.3 Å². The third kappa shape index (κ3) is 4.46. The smallest absolute Gasteiger partial charge is 0.132 e. The van der Waals surface area contributed by atoms with Crippen molar-refractivity contribution >= 4 is 5.82 Å². The van der Waals surface area contributed by atoms with Crippen LogP contribution in [0.4, 0.5) is 5.82 Å². The normalized spacial score (nSPS) is 16.6. The number of nitrogens with one attached hydrogen (secondary N) is 1. The van der Waals surface area contributed by atoms with Crippen LogP contribution in [0.2, 0.25) is 0 Å². The maximum atomic E-state index is 5.43. The predicted octanol–water partition coefficient (Wildman–Crippen LogP) is 2.44. The SMILES string of the molecule is CC(C)NCc1cccnc1N(C)CC1CCOCC1. The quantitative estimate of drug-likeness (QED) is 0.866. The van der Waals surface area contributed by atoms with Gasteiger partial charge in [0, 0.05) is 51.2 Å². The Bertz CT molecular complexity index is 402. The minimum absolute atomic E-state index is 0.490. The van der Waals surface area contributed by atoms with Crippen molar-refractivity contribution in [2.24, 2.45) is 5.92 Å². The van der Waals surface area contributed by atoms with E-state index in [0.717, 1.165) is 50.9 Å². The van der Waals surface area contributed by atoms with Crippen molar-refractivity contribution in [1.82, 2.24) is 10.3 Å². The average Bonchev–Trinajstić information content (AvgIpc) is 2.46. The number of ether oxygens (including phenoxy) is 1. The van der Waals surface area contributed by atoms with E-state index in [4.69, 9.17) is 4.74 Å². The van der Waals surface area contributed by atoms with E-state index < -0.39 is 0 Å². The lowest BCUT2D eigenvalue weighted by Crippen LogP contribution is -2.31. The second-order valence-corrected chi connectivity index (χ2v) is 5.96. The molecule has 0 spiro atoms. The van der Waals surface area contributed by atoms with E-state index in [1.54, 1.807) is 0 Å². The molecule has 0 aliphatic carbocycles. The van der Waals surface area contributed by atoms with Gasteiger partial charge in [-0.05, 0) is 24.8 Å². The van der Waals surface area contributed by atoms with E-state index in [0.29, 0.717) is 6.04 Å². The first-order valence-corrected chi connectivity index (χ1v) is 7.63. The molecule has 0 aromatic carbocycles. The van der Waals surface area contributed by atoms with Gasteiger partial charge in [-0.25, -0.2) is 4.98 Å². The minimum atomic E-state index is 0.490. The van der Waals surface area contributed by atoms with Crippen molar-refractivity contribution in [2.75, 3.05) is 31.7 Å². The number of pyridine rings is 1. The Kier molecular flexibility index (Phi) is 5.80. The summed E-state index contributed by atoms with van der Waals surface area (Å²) >= 11 is 0. The Morgan fingerprint density at radius 2 is 2.15 bits per heavy atom. The Labute approximate surface area is 122 Å². The Balaban J connectivity index is 1.98. The lowest BCUT2D eigenvalue weighted by Gasteiger charge is -2.29. The summed E-state index contributed by atoms with van der Waals surface area (Å²) in [7, 11) is 2.15. The minimum Gasteiger partial charge on any atom is -0.381 e. The number of nitrogens with zero attached hydrogens (tertiary/aromatic N) is 2. The van der Waals surface area contributed by atoms with Crippen molar-refractivity contribution in [1.29, 1.82) is 0 Å². The average molecular weight is 277 g/mol. The molecule has 1 N–H and O–H groups in total. The summed E-state index contributed by atoms with van der Waals surface area (Å²) in [5.41, 5.74) is 1.27. The standard InChI is InChI=1S/C16H27N3O/c1-13(2)18-11-15-5-4-8-17-16(15)19(3)12-14-6-9-20-10-7-14/h4-5,8,13-14,18H,6-7,9-12H2,1-3H3. The highest BCUT2D eigenvalue weighted by Crippen LogP contribution is 2.21. The van der Waals surface area contributed by atoms with Crippen LogP contribution in [0.25, 0.3) is 0 Å². The maximum absolute atomic E-state index is 5.43. The molecule has 0 atom stereocenters. The zero-order valence-corrected chi connectivity index (χ0v) is 12.9. The lowest BCUT2D eigenvalue weighted by molar-refractivity contribution is 0.0685. The molecule has 20 heavy (non-hydrogen) atoms. The van der Waals surface area contributed by atoms with E-state index in [1.165, 1.54) is 5.56 Å². The zero-order valence-electron chi connectivity index (χ0n) is 12.9. The Morgan fingerprint density at radius 1 is 1.40 bits per heavy atom. The van der Waals surface area contributed by atoms with Crippen LogP contribution in [-0.2, 0) is 11.3 Å². The molecule has 0 amide bonds. The van der Waals surface area contributed by atoms with Crippen molar-refractivity contribution in [3.8, 4) is 0 Å². The molecule has 1 aliphatic rings. The number of hydrogen-bond acceptors (Lipinski definition) is 4. The second-order valence-electron chi connectivity index (χ2n) is 5.96. The molecule has 112 valence electrons. The van der Waals surface area contributed by atoms with Gasteiger partial charge < -0.3 is 15.0 Å². The number of rotatable bonds is 6. The van der Waals surface area contributed by atoms with Crippen LogP contribution < -0.4 is 10.2 Å². The van der Waals surface area contributed by atoms with Gasteiger partial charge in [0.05, 0.1) is 0 Å². The Hall–Kier alpha value is -1.13. The fourth-order valence-electron chi connectivity index (χ4n) is 2.63. The van der Waals surface area contributed by atoms with E-state index in [1.807, 2.05) is 12.3 Å². The zero-order chi connectivity index (χ0) is 14.4. The van der Waals surface area contributed by atoms with Crippen molar-refractivity contribution in [3.05, 3.63) is 23.9 Å². The number of aromatic nitrogens is 1. The molecule has 1 aliphatic heterocycles. The second kappa shape index (κ2) is 7.60. The van der Waals surface area contributed by atoms with Crippen molar-refractivity contribution in [2.45, 2.75) is 39.3 Å². The molecule has 4 nitrogen and oxygen atoms in total. The molecular formula is C16H27N3O. The van der Waals surface area contributed by atoms with Gasteiger partial charge in [-0.15, -0.1) is 0 Å². The van der Waals surface area contributed by atoms with Crippen LogP contribution in [-0.4, -0.2) is 37.8 Å². The molecule has 4 heteroatoms. The molecule has 0 saturated carbocycles. The van der Waals surface area contributed by atoms with Gasteiger partial charge in [0.2, 0.25) is 0 Å². The summed E-state index contributed by atoms with van der Waals surface area (Å²) in [5, 5.41) is 3.47. The van der Waals surface area contributed by atoms with Gasteiger partial charge in [-0.3, -0.25) is 0 Å². The molecule has 1 aromatic rings. The fourth-order valence-corrected chi connectivity index (χ4v) is 2.63. The third-order valence-electron chi connectivity index (χ3n) is 3.80. The molecule has 0 unspecified atom stereocenters. The van der Waals surface area contributed by atoms with Gasteiger partial charge in [0.25, 0.3) is 0 Å². The molecule has 0 bridgehead atoms. The molecule has 1 fully saturated rings. The van der Waals surface area contributed by atoms with Crippen LogP contribution in [0.5, 0.6) is 0 Å². The largest absolute Gasteiger partial charge is 0.381 e. The molecule has 1 aromatic heterocycles. The van der Waals surface area contributed by atoms with E-state index in [2.05, 4.69) is 42.2 Å². The summed E-state index contributed by atoms with van der Waals surface area (Å²) < 4.78 is 5.43. The summed E-state index contributed by atoms with van der Waals surface area (Å²) in [4.78, 5) is 6.88. The molecule has 1 saturated heterocycles. The predicted molar refractivity (Wildman–Crippen MR) is 83.0 cm³/mol. The highest BCUT2D eigenvalue weighted by atomic mass is 16.5. The van der Waals surface area contributed by atoms with E-state index in [-0.39, 0.29) is 0 Å². The van der Waals surface area contributed by atoms with Gasteiger partial charge in [-0.2, -0.15) is 0 Å².